The first kappa shape index (κ1) is 11.5. The highest BCUT2D eigenvalue weighted by Gasteiger charge is 2.19. The monoisotopic (exact) mass is 220 g/mol. The van der Waals surface area contributed by atoms with Gasteiger partial charge in [-0.1, -0.05) is 0 Å². The van der Waals surface area contributed by atoms with Gasteiger partial charge in [-0.2, -0.15) is 0 Å². The maximum atomic E-state index is 13.0. The number of carboxylic acid groups (broad SMARTS) is 1. The lowest BCUT2D eigenvalue weighted by atomic mass is 10.1. The molecule has 0 radical (unpaired) electrons. The van der Waals surface area contributed by atoms with Crippen molar-refractivity contribution in [1.29, 1.82) is 0 Å². The van der Waals surface area contributed by atoms with Gasteiger partial charge in [-0.3, -0.25) is 4.79 Å². The van der Waals surface area contributed by atoms with Crippen LogP contribution < -0.4 is 0 Å². The molecule has 0 saturated heterocycles. The highest BCUT2D eigenvalue weighted by Crippen LogP contribution is 2.22. The summed E-state index contributed by atoms with van der Waals surface area (Å²) < 4.78 is 38.1. The molecule has 2 N–H and O–H groups in total. The third-order valence-electron chi connectivity index (χ3n) is 1.77. The van der Waals surface area contributed by atoms with Crippen molar-refractivity contribution in [1.82, 2.24) is 0 Å². The molecular weight excluding hydrogens is 213 g/mol. The number of aliphatic hydroxyl groups excluding tert-OH is 1. The minimum atomic E-state index is -1.70. The molecule has 0 bridgehead atoms. The number of halogens is 3. The van der Waals surface area contributed by atoms with Crippen molar-refractivity contribution in [2.45, 2.75) is 12.5 Å². The van der Waals surface area contributed by atoms with Crippen molar-refractivity contribution < 1.29 is 28.2 Å². The van der Waals surface area contributed by atoms with Gasteiger partial charge in [0.1, 0.15) is 5.82 Å². The fourth-order valence-electron chi connectivity index (χ4n) is 1.07. The van der Waals surface area contributed by atoms with E-state index in [1.807, 2.05) is 0 Å². The van der Waals surface area contributed by atoms with Crippen LogP contribution in [0.15, 0.2) is 12.1 Å². The highest BCUT2D eigenvalue weighted by molar-refractivity contribution is 5.67. The smallest absolute Gasteiger partial charge is 0.306 e. The number of aliphatic hydroxyl groups is 1. The zero-order valence-corrected chi connectivity index (χ0v) is 7.38. The maximum absolute atomic E-state index is 13.0. The second kappa shape index (κ2) is 4.31. The molecule has 1 aromatic rings. The van der Waals surface area contributed by atoms with E-state index in [0.717, 1.165) is 0 Å². The quantitative estimate of drug-likeness (QED) is 0.761. The Bertz CT molecular complexity index is 392. The van der Waals surface area contributed by atoms with Crippen LogP contribution in [0.5, 0.6) is 0 Å². The second-order valence-corrected chi connectivity index (χ2v) is 2.90. The summed E-state index contributed by atoms with van der Waals surface area (Å²) in [6.07, 6.45) is -2.47. The van der Waals surface area contributed by atoms with Crippen LogP contribution in [0.3, 0.4) is 0 Å². The normalized spacial score (nSPS) is 12.5. The van der Waals surface area contributed by atoms with Crippen molar-refractivity contribution in [3.8, 4) is 0 Å². The molecule has 0 unspecified atom stereocenters. The molecule has 0 amide bonds. The summed E-state index contributed by atoms with van der Waals surface area (Å²) in [4.78, 5) is 10.2. The lowest BCUT2D eigenvalue weighted by Crippen LogP contribution is -2.08. The molecule has 0 heterocycles. The van der Waals surface area contributed by atoms with Gasteiger partial charge in [0, 0.05) is 11.6 Å². The maximum Gasteiger partial charge on any atom is 0.306 e. The molecule has 0 saturated carbocycles. The SMILES string of the molecule is O=C(O)C[C@H](O)c1cc(F)c(F)cc1F. The number of hydrogen-bond acceptors (Lipinski definition) is 2. The largest absolute Gasteiger partial charge is 0.481 e. The molecule has 0 spiro atoms. The van der Waals surface area contributed by atoms with Crippen molar-refractivity contribution in [2.24, 2.45) is 0 Å². The molecule has 0 aliphatic heterocycles. The molecule has 0 aromatic heterocycles. The standard InChI is InChI=1S/C9H7F3O3/c10-5-2-7(12)6(11)1-4(5)8(13)3-9(14)15/h1-2,8,13H,3H2,(H,14,15)/t8-/m0/s1. The first-order valence-electron chi connectivity index (χ1n) is 3.96. The summed E-state index contributed by atoms with van der Waals surface area (Å²) in [6.45, 7) is 0. The van der Waals surface area contributed by atoms with Crippen LogP contribution in [0.25, 0.3) is 0 Å². The van der Waals surface area contributed by atoms with Crippen molar-refractivity contribution in [3.05, 3.63) is 35.1 Å². The summed E-state index contributed by atoms with van der Waals surface area (Å²) in [7, 11) is 0. The molecule has 15 heavy (non-hydrogen) atoms. The number of aliphatic carboxylic acids is 1. The van der Waals surface area contributed by atoms with E-state index in [1.165, 1.54) is 0 Å². The molecule has 1 aromatic carbocycles. The van der Waals surface area contributed by atoms with Crippen LogP contribution in [0.4, 0.5) is 13.2 Å². The number of hydrogen-bond donors (Lipinski definition) is 2. The van der Waals surface area contributed by atoms with E-state index in [2.05, 4.69) is 0 Å². The highest BCUT2D eigenvalue weighted by atomic mass is 19.2. The number of rotatable bonds is 3. The Morgan fingerprint density at radius 1 is 1.20 bits per heavy atom. The fraction of sp³-hybridized carbons (Fsp3) is 0.222. The van der Waals surface area contributed by atoms with Gasteiger partial charge in [-0.05, 0) is 6.07 Å². The van der Waals surface area contributed by atoms with E-state index >= 15 is 0 Å². The average Bonchev–Trinajstić information content (AvgIpc) is 2.09. The van der Waals surface area contributed by atoms with Crippen LogP contribution in [-0.2, 0) is 4.79 Å². The van der Waals surface area contributed by atoms with Crippen LogP contribution in [-0.4, -0.2) is 16.2 Å². The lowest BCUT2D eigenvalue weighted by Gasteiger charge is -2.09. The Hall–Kier alpha value is -1.56. The summed E-state index contributed by atoms with van der Waals surface area (Å²) in [5.41, 5.74) is -0.573. The van der Waals surface area contributed by atoms with E-state index in [4.69, 9.17) is 5.11 Å². The fourth-order valence-corrected chi connectivity index (χ4v) is 1.07. The Balaban J connectivity index is 3.03. The third kappa shape index (κ3) is 2.69. The Kier molecular flexibility index (Phi) is 3.31. The molecule has 1 atom stereocenters. The molecule has 6 heteroatoms. The Morgan fingerprint density at radius 3 is 2.27 bits per heavy atom. The van der Waals surface area contributed by atoms with Gasteiger partial charge in [0.25, 0.3) is 0 Å². The van der Waals surface area contributed by atoms with E-state index in [1.54, 1.807) is 0 Å². The van der Waals surface area contributed by atoms with Crippen molar-refractivity contribution >= 4 is 5.97 Å². The number of benzene rings is 1. The van der Waals surface area contributed by atoms with Gasteiger partial charge >= 0.3 is 5.97 Å². The summed E-state index contributed by atoms with van der Waals surface area (Å²) in [5.74, 6) is -5.27. The zero-order valence-electron chi connectivity index (χ0n) is 7.38. The first-order chi connectivity index (χ1) is 6.91. The van der Waals surface area contributed by atoms with Gasteiger partial charge in [0.05, 0.1) is 12.5 Å². The van der Waals surface area contributed by atoms with E-state index < -0.39 is 41.5 Å². The van der Waals surface area contributed by atoms with Crippen molar-refractivity contribution in [2.75, 3.05) is 0 Å². The summed E-state index contributed by atoms with van der Waals surface area (Å²) in [6, 6.07) is 0.702. The van der Waals surface area contributed by atoms with E-state index in [-0.39, 0.29) is 6.07 Å². The molecule has 0 aliphatic rings. The van der Waals surface area contributed by atoms with Gasteiger partial charge < -0.3 is 10.2 Å². The minimum Gasteiger partial charge on any atom is -0.481 e. The van der Waals surface area contributed by atoms with Gasteiger partial charge in [-0.15, -0.1) is 0 Å². The molecule has 3 nitrogen and oxygen atoms in total. The minimum absolute atomic E-state index is 0.260. The van der Waals surface area contributed by atoms with Gasteiger partial charge in [0.15, 0.2) is 11.6 Å². The number of carboxylic acids is 1. The Morgan fingerprint density at radius 2 is 1.73 bits per heavy atom. The molecule has 0 aliphatic carbocycles. The number of carbonyl (C=O) groups is 1. The zero-order chi connectivity index (χ0) is 11.6. The predicted molar refractivity (Wildman–Crippen MR) is 43.5 cm³/mol. The lowest BCUT2D eigenvalue weighted by molar-refractivity contribution is -0.139. The van der Waals surface area contributed by atoms with Crippen LogP contribution in [0.2, 0.25) is 0 Å². The molecule has 1 rings (SSSR count). The third-order valence-corrected chi connectivity index (χ3v) is 1.77. The Labute approximate surface area is 82.8 Å². The van der Waals surface area contributed by atoms with Gasteiger partial charge in [0.2, 0.25) is 0 Å². The summed E-state index contributed by atoms with van der Waals surface area (Å²) in [5, 5.41) is 17.5. The topological polar surface area (TPSA) is 57.5 Å². The van der Waals surface area contributed by atoms with Crippen LogP contribution >= 0.6 is 0 Å². The molecule has 82 valence electrons. The van der Waals surface area contributed by atoms with E-state index in [0.29, 0.717) is 6.07 Å². The van der Waals surface area contributed by atoms with Gasteiger partial charge in [-0.25, -0.2) is 13.2 Å². The molecular formula is C9H7F3O3. The van der Waals surface area contributed by atoms with Crippen LogP contribution in [0.1, 0.15) is 18.1 Å². The average molecular weight is 220 g/mol. The molecule has 0 fully saturated rings. The van der Waals surface area contributed by atoms with E-state index in [9.17, 15) is 23.1 Å². The predicted octanol–water partition coefficient (Wildman–Crippen LogP) is 1.61. The first-order valence-corrected chi connectivity index (χ1v) is 3.96. The second-order valence-electron chi connectivity index (χ2n) is 2.90. The summed E-state index contributed by atoms with van der Waals surface area (Å²) >= 11 is 0. The van der Waals surface area contributed by atoms with Crippen molar-refractivity contribution in [3.63, 3.8) is 0 Å². The van der Waals surface area contributed by atoms with Crippen LogP contribution in [0, 0.1) is 17.5 Å².